The van der Waals surface area contributed by atoms with Gasteiger partial charge in [-0.25, -0.2) is 0 Å². The summed E-state index contributed by atoms with van der Waals surface area (Å²) >= 11 is 0. The first kappa shape index (κ1) is 22.1. The second kappa shape index (κ2) is 9.48. The molecule has 0 saturated heterocycles. The van der Waals surface area contributed by atoms with Crippen LogP contribution in [0.1, 0.15) is 17.0 Å². The van der Waals surface area contributed by atoms with E-state index in [2.05, 4.69) is 0 Å². The highest BCUT2D eigenvalue weighted by molar-refractivity contribution is 7.67. The maximum atomic E-state index is 14.1. The molecule has 5 nitrogen and oxygen atoms in total. The molecule has 6 heteroatoms. The molecule has 0 aliphatic rings. The van der Waals surface area contributed by atoms with E-state index in [0.29, 0.717) is 10.9 Å². The third-order valence-electron chi connectivity index (χ3n) is 5.02. The summed E-state index contributed by atoms with van der Waals surface area (Å²) in [6.07, 6.45) is 0. The predicted octanol–water partition coefficient (Wildman–Crippen LogP) is 4.63. The van der Waals surface area contributed by atoms with Crippen molar-refractivity contribution in [1.82, 2.24) is 0 Å². The average Bonchev–Trinajstić information content (AvgIpc) is 2.77. The van der Waals surface area contributed by atoms with Gasteiger partial charge in [-0.1, -0.05) is 42.5 Å². The molecule has 2 atom stereocenters. The summed E-state index contributed by atoms with van der Waals surface area (Å²) in [5.74, 6) is -1.26. The molecule has 3 rings (SSSR count). The van der Waals surface area contributed by atoms with E-state index >= 15 is 0 Å². The topological polar surface area (TPSA) is 53.0 Å². The van der Waals surface area contributed by atoms with Crippen LogP contribution in [-0.2, 0) is 15.7 Å². The predicted molar refractivity (Wildman–Crippen MR) is 125 cm³/mol. The first-order chi connectivity index (χ1) is 14.3. The van der Waals surface area contributed by atoms with Gasteiger partial charge in [0.05, 0.1) is 6.61 Å². The van der Waals surface area contributed by atoms with Gasteiger partial charge in [0.1, 0.15) is 0 Å². The summed E-state index contributed by atoms with van der Waals surface area (Å²) in [4.78, 5) is 3.94. The van der Waals surface area contributed by atoms with Crippen molar-refractivity contribution >= 4 is 24.0 Å². The summed E-state index contributed by atoms with van der Waals surface area (Å²) < 4.78 is 20.1. The van der Waals surface area contributed by atoms with Gasteiger partial charge in [0.2, 0.25) is 0 Å². The molecule has 0 heterocycles. The fourth-order valence-corrected chi connectivity index (χ4v) is 5.17. The van der Waals surface area contributed by atoms with Gasteiger partial charge in [-0.05, 0) is 47.5 Å². The van der Waals surface area contributed by atoms with Gasteiger partial charge in [0.15, 0.2) is 5.85 Å². The van der Waals surface area contributed by atoms with Crippen LogP contribution in [0.5, 0.6) is 0 Å². The monoisotopic (exact) mass is 424 g/mol. The molecule has 0 radical (unpaired) electrons. The lowest BCUT2D eigenvalue weighted by Crippen LogP contribution is -2.16. The van der Waals surface area contributed by atoms with E-state index in [1.54, 1.807) is 24.3 Å². The Balaban J connectivity index is 1.96. The molecule has 0 bridgehead atoms. The summed E-state index contributed by atoms with van der Waals surface area (Å²) in [5, 5.41) is 11.7. The van der Waals surface area contributed by atoms with E-state index in [9.17, 15) is 9.67 Å². The van der Waals surface area contributed by atoms with Crippen LogP contribution in [0, 0.1) is 0 Å². The molecule has 0 unspecified atom stereocenters. The van der Waals surface area contributed by atoms with Gasteiger partial charge in [-0.3, -0.25) is 4.57 Å². The molecule has 3 aromatic carbocycles. The zero-order valence-electron chi connectivity index (χ0n) is 17.9. The van der Waals surface area contributed by atoms with E-state index in [0.717, 1.165) is 16.9 Å². The number of hydrogen-bond donors (Lipinski definition) is 1. The van der Waals surface area contributed by atoms with Crippen molar-refractivity contribution in [3.05, 3.63) is 90.0 Å². The zero-order valence-corrected chi connectivity index (χ0v) is 18.8. The van der Waals surface area contributed by atoms with Gasteiger partial charge in [0, 0.05) is 44.9 Å². The van der Waals surface area contributed by atoms with Crippen molar-refractivity contribution in [2.75, 3.05) is 38.0 Å². The minimum Gasteiger partial charge on any atom is -0.378 e. The molecule has 0 aliphatic heterocycles. The van der Waals surface area contributed by atoms with Gasteiger partial charge in [0.25, 0.3) is 7.37 Å². The minimum absolute atomic E-state index is 0.153. The van der Waals surface area contributed by atoms with Crippen LogP contribution in [0.4, 0.5) is 11.4 Å². The lowest BCUT2D eigenvalue weighted by Gasteiger charge is -2.25. The molecule has 0 spiro atoms. The standard InChI is InChI=1S/C24H29N2O3P/c1-25(2)21-12-10-20(11-13-21)24(27)30(28,29-18-19-8-6-5-7-9-19)23-16-14-22(15-17-23)26(3)4/h5-17,24,27H,18H2,1-4H3/t24-,30-/m0/s1. The molecule has 0 fully saturated rings. The summed E-state index contributed by atoms with van der Waals surface area (Å²) in [6, 6.07) is 24.3. The van der Waals surface area contributed by atoms with Crippen molar-refractivity contribution in [2.24, 2.45) is 0 Å². The number of aliphatic hydroxyl groups is 1. The molecular formula is C24H29N2O3P. The molecule has 0 saturated carbocycles. The summed E-state index contributed by atoms with van der Waals surface area (Å²) in [5.41, 5.74) is 3.45. The molecule has 3 aromatic rings. The SMILES string of the molecule is CN(C)c1ccc([C@@H](O)[P@@](=O)(OCc2ccccc2)c2ccc(N(C)C)cc2)cc1. The van der Waals surface area contributed by atoms with Crippen LogP contribution in [0.2, 0.25) is 0 Å². The average molecular weight is 424 g/mol. The normalized spacial score (nSPS) is 14.0. The first-order valence-electron chi connectivity index (χ1n) is 9.83. The maximum Gasteiger partial charge on any atom is 0.264 e. The Bertz CT molecular complexity index is 987. The third-order valence-corrected chi connectivity index (χ3v) is 7.49. The number of rotatable bonds is 8. The molecule has 0 aromatic heterocycles. The van der Waals surface area contributed by atoms with Crippen molar-refractivity contribution in [3.8, 4) is 0 Å². The van der Waals surface area contributed by atoms with E-state index in [-0.39, 0.29) is 6.61 Å². The maximum absolute atomic E-state index is 14.1. The second-order valence-corrected chi connectivity index (χ2v) is 10.1. The van der Waals surface area contributed by atoms with E-state index in [4.69, 9.17) is 4.52 Å². The zero-order chi connectivity index (χ0) is 21.7. The summed E-state index contributed by atoms with van der Waals surface area (Å²) in [6.45, 7) is 0.153. The quantitative estimate of drug-likeness (QED) is 0.535. The number of anilines is 2. The molecule has 30 heavy (non-hydrogen) atoms. The van der Waals surface area contributed by atoms with Crippen molar-refractivity contribution < 1.29 is 14.2 Å². The number of hydrogen-bond acceptors (Lipinski definition) is 5. The van der Waals surface area contributed by atoms with Gasteiger partial charge in [-0.2, -0.15) is 0 Å². The Hall–Kier alpha value is -2.59. The fraction of sp³-hybridized carbons (Fsp3) is 0.250. The van der Waals surface area contributed by atoms with Crippen molar-refractivity contribution in [3.63, 3.8) is 0 Å². The highest BCUT2D eigenvalue weighted by atomic mass is 31.2. The molecule has 158 valence electrons. The van der Waals surface area contributed by atoms with Gasteiger partial charge < -0.3 is 19.4 Å². The van der Waals surface area contributed by atoms with Crippen molar-refractivity contribution in [2.45, 2.75) is 12.5 Å². The van der Waals surface area contributed by atoms with E-state index in [1.807, 2.05) is 92.6 Å². The Morgan fingerprint density at radius 1 is 0.800 bits per heavy atom. The van der Waals surface area contributed by atoms with E-state index < -0.39 is 13.2 Å². The minimum atomic E-state index is -3.62. The largest absolute Gasteiger partial charge is 0.378 e. The number of aliphatic hydroxyl groups excluding tert-OH is 1. The van der Waals surface area contributed by atoms with E-state index in [1.165, 1.54) is 0 Å². The van der Waals surface area contributed by atoms with Crippen molar-refractivity contribution in [1.29, 1.82) is 0 Å². The summed E-state index contributed by atoms with van der Waals surface area (Å²) in [7, 11) is 4.18. The molecule has 1 N–H and O–H groups in total. The molecular weight excluding hydrogens is 395 g/mol. The Morgan fingerprint density at radius 2 is 1.30 bits per heavy atom. The van der Waals surface area contributed by atoms with Crippen LogP contribution in [0.25, 0.3) is 0 Å². The second-order valence-electron chi connectivity index (χ2n) is 7.63. The lowest BCUT2D eigenvalue weighted by molar-refractivity contribution is 0.210. The highest BCUT2D eigenvalue weighted by Gasteiger charge is 2.36. The molecule has 0 amide bonds. The van der Waals surface area contributed by atoms with Crippen LogP contribution in [0.3, 0.4) is 0 Å². The smallest absolute Gasteiger partial charge is 0.264 e. The highest BCUT2D eigenvalue weighted by Crippen LogP contribution is 2.58. The van der Waals surface area contributed by atoms with Gasteiger partial charge in [-0.15, -0.1) is 0 Å². The molecule has 0 aliphatic carbocycles. The Kier molecular flexibility index (Phi) is 6.99. The fourth-order valence-electron chi connectivity index (χ4n) is 3.13. The number of nitrogens with zero attached hydrogens (tertiary/aromatic N) is 2. The van der Waals surface area contributed by atoms with Crippen LogP contribution >= 0.6 is 7.37 Å². The van der Waals surface area contributed by atoms with Gasteiger partial charge >= 0.3 is 0 Å². The van der Waals surface area contributed by atoms with Crippen LogP contribution in [-0.4, -0.2) is 33.3 Å². The lowest BCUT2D eigenvalue weighted by atomic mass is 10.2. The Labute approximate surface area is 179 Å². The first-order valence-corrected chi connectivity index (χ1v) is 11.5. The third kappa shape index (κ3) is 4.93. The van der Waals surface area contributed by atoms with Crippen LogP contribution in [0.15, 0.2) is 78.9 Å². The number of benzene rings is 3. The van der Waals surface area contributed by atoms with Crippen LogP contribution < -0.4 is 15.1 Å². The Morgan fingerprint density at radius 3 is 1.80 bits per heavy atom.